The largest absolute Gasteiger partial charge is 0.422 e. The summed E-state index contributed by atoms with van der Waals surface area (Å²) in [5, 5.41) is 5.63. The van der Waals surface area contributed by atoms with Crippen molar-refractivity contribution < 1.29 is 14.0 Å². The standard InChI is InChI=1S/C23H19N3O4S/c1-26-9-8-14-18(11-26)31-22(19(14)20(24)27)25-21(28)16-10-15-13-5-3-2-4-12(13)6-7-17(15)30-23(16)29/h2-7,10H,8-9,11H2,1H3,(H2,24,27)(H,25,28). The molecule has 0 aliphatic carbocycles. The first kappa shape index (κ1) is 19.5. The molecule has 1 aliphatic heterocycles. The van der Waals surface area contributed by atoms with E-state index in [1.807, 2.05) is 37.4 Å². The topological polar surface area (TPSA) is 106 Å². The molecule has 8 heteroatoms. The van der Waals surface area contributed by atoms with Crippen molar-refractivity contribution in [3.05, 3.63) is 74.5 Å². The van der Waals surface area contributed by atoms with Crippen LogP contribution in [0.5, 0.6) is 0 Å². The highest BCUT2D eigenvalue weighted by molar-refractivity contribution is 7.17. The van der Waals surface area contributed by atoms with Crippen LogP contribution in [0.15, 0.2) is 51.7 Å². The van der Waals surface area contributed by atoms with Crippen LogP contribution in [-0.4, -0.2) is 30.3 Å². The van der Waals surface area contributed by atoms with Crippen LogP contribution in [0, 0.1) is 0 Å². The molecule has 2 aromatic heterocycles. The lowest BCUT2D eigenvalue weighted by Crippen LogP contribution is -2.27. The van der Waals surface area contributed by atoms with Gasteiger partial charge in [0.15, 0.2) is 0 Å². The molecule has 0 saturated heterocycles. The second kappa shape index (κ2) is 7.33. The summed E-state index contributed by atoms with van der Waals surface area (Å²) in [7, 11) is 2.00. The van der Waals surface area contributed by atoms with Crippen molar-refractivity contribution >= 4 is 49.9 Å². The van der Waals surface area contributed by atoms with E-state index < -0.39 is 17.4 Å². The van der Waals surface area contributed by atoms with E-state index in [9.17, 15) is 14.4 Å². The maximum atomic E-state index is 13.0. The molecular weight excluding hydrogens is 414 g/mol. The summed E-state index contributed by atoms with van der Waals surface area (Å²) in [4.78, 5) is 40.8. The fraction of sp³-hybridized carbons (Fsp3) is 0.174. The summed E-state index contributed by atoms with van der Waals surface area (Å²) in [6, 6.07) is 12.8. The fourth-order valence-electron chi connectivity index (χ4n) is 4.08. The maximum Gasteiger partial charge on any atom is 0.349 e. The van der Waals surface area contributed by atoms with Gasteiger partial charge < -0.3 is 20.4 Å². The normalized spacial score (nSPS) is 14.0. The number of rotatable bonds is 3. The number of primary amides is 1. The Morgan fingerprint density at radius 3 is 2.77 bits per heavy atom. The maximum absolute atomic E-state index is 13.0. The minimum Gasteiger partial charge on any atom is -0.422 e. The van der Waals surface area contributed by atoms with E-state index >= 15 is 0 Å². The first-order valence-corrected chi connectivity index (χ1v) is 10.6. The zero-order chi connectivity index (χ0) is 21.7. The number of anilines is 1. The van der Waals surface area contributed by atoms with Crippen LogP contribution in [0.3, 0.4) is 0 Å². The molecule has 0 spiro atoms. The molecule has 156 valence electrons. The molecule has 4 aromatic rings. The van der Waals surface area contributed by atoms with Gasteiger partial charge in [-0.3, -0.25) is 9.59 Å². The van der Waals surface area contributed by atoms with Crippen molar-refractivity contribution in [1.82, 2.24) is 4.90 Å². The van der Waals surface area contributed by atoms with Crippen LogP contribution in [0.25, 0.3) is 21.7 Å². The van der Waals surface area contributed by atoms with Gasteiger partial charge in [0.2, 0.25) is 0 Å². The fourth-order valence-corrected chi connectivity index (χ4v) is 5.41. The molecule has 3 heterocycles. The van der Waals surface area contributed by atoms with Gasteiger partial charge in [0.05, 0.1) is 5.56 Å². The highest BCUT2D eigenvalue weighted by atomic mass is 32.1. The van der Waals surface area contributed by atoms with E-state index in [0.29, 0.717) is 34.5 Å². The Bertz CT molecular complexity index is 1440. The number of carbonyl (C=O) groups is 2. The molecule has 0 atom stereocenters. The molecule has 0 radical (unpaired) electrons. The SMILES string of the molecule is CN1CCc2c(sc(NC(=O)c3cc4c(ccc5ccccc54)oc3=O)c2C(N)=O)C1. The number of nitrogens with two attached hydrogens (primary N) is 1. The summed E-state index contributed by atoms with van der Waals surface area (Å²) in [6.07, 6.45) is 0.681. The highest BCUT2D eigenvalue weighted by Gasteiger charge is 2.27. The molecule has 0 saturated carbocycles. The van der Waals surface area contributed by atoms with Gasteiger partial charge in [0.1, 0.15) is 16.1 Å². The third-order valence-corrected chi connectivity index (χ3v) is 6.74. The smallest absolute Gasteiger partial charge is 0.349 e. The first-order chi connectivity index (χ1) is 14.9. The molecule has 0 bridgehead atoms. The number of nitrogens with zero attached hydrogens (tertiary/aromatic N) is 1. The van der Waals surface area contributed by atoms with E-state index in [0.717, 1.165) is 27.8 Å². The number of benzene rings is 2. The van der Waals surface area contributed by atoms with Gasteiger partial charge in [0.25, 0.3) is 11.8 Å². The number of carbonyl (C=O) groups excluding carboxylic acids is 2. The molecule has 31 heavy (non-hydrogen) atoms. The van der Waals surface area contributed by atoms with Crippen molar-refractivity contribution in [3.8, 4) is 0 Å². The Morgan fingerprint density at radius 1 is 1.16 bits per heavy atom. The number of amides is 2. The highest BCUT2D eigenvalue weighted by Crippen LogP contribution is 2.37. The van der Waals surface area contributed by atoms with E-state index in [1.54, 1.807) is 12.1 Å². The summed E-state index contributed by atoms with van der Waals surface area (Å²) >= 11 is 1.32. The Morgan fingerprint density at radius 2 is 1.97 bits per heavy atom. The minimum absolute atomic E-state index is 0.122. The predicted octanol–water partition coefficient (Wildman–Crippen LogP) is 3.35. The van der Waals surface area contributed by atoms with Crippen molar-refractivity contribution in [2.45, 2.75) is 13.0 Å². The minimum atomic E-state index is -0.734. The van der Waals surface area contributed by atoms with Crippen molar-refractivity contribution in [3.63, 3.8) is 0 Å². The molecule has 0 unspecified atom stereocenters. The lowest BCUT2D eigenvalue weighted by atomic mass is 10.0. The van der Waals surface area contributed by atoms with Crippen LogP contribution >= 0.6 is 11.3 Å². The number of hydrogen-bond donors (Lipinski definition) is 2. The van der Waals surface area contributed by atoms with Gasteiger partial charge >= 0.3 is 5.63 Å². The molecule has 2 amide bonds. The van der Waals surface area contributed by atoms with Gasteiger partial charge in [-0.2, -0.15) is 0 Å². The summed E-state index contributed by atoms with van der Waals surface area (Å²) < 4.78 is 5.42. The quantitative estimate of drug-likeness (QED) is 0.381. The molecule has 3 N–H and O–H groups in total. The Hall–Kier alpha value is -3.49. The van der Waals surface area contributed by atoms with Gasteiger partial charge in [-0.25, -0.2) is 4.79 Å². The predicted molar refractivity (Wildman–Crippen MR) is 121 cm³/mol. The summed E-state index contributed by atoms with van der Waals surface area (Å²) in [5.74, 6) is -1.22. The molecular formula is C23H19N3O4S. The Kier molecular flexibility index (Phi) is 4.60. The number of fused-ring (bicyclic) bond motifs is 4. The van der Waals surface area contributed by atoms with Crippen LogP contribution in [0.1, 0.15) is 31.2 Å². The monoisotopic (exact) mass is 433 g/mol. The molecule has 1 aliphatic rings. The second-order valence-corrected chi connectivity index (χ2v) is 8.77. The van der Waals surface area contributed by atoms with Crippen LogP contribution in [0.2, 0.25) is 0 Å². The van der Waals surface area contributed by atoms with Crippen molar-refractivity contribution in [2.75, 3.05) is 18.9 Å². The lowest BCUT2D eigenvalue weighted by Gasteiger charge is -2.22. The number of thiophene rings is 1. The van der Waals surface area contributed by atoms with Gasteiger partial charge in [-0.05, 0) is 41.9 Å². The van der Waals surface area contributed by atoms with Crippen LogP contribution < -0.4 is 16.7 Å². The van der Waals surface area contributed by atoms with E-state index in [4.69, 9.17) is 10.2 Å². The Labute approximate surface area is 181 Å². The molecule has 7 nitrogen and oxygen atoms in total. The summed E-state index contributed by atoms with van der Waals surface area (Å²) in [6.45, 7) is 1.49. The number of likely N-dealkylation sites (N-methyl/N-ethyl adjacent to an activating group) is 1. The van der Waals surface area contributed by atoms with E-state index in [-0.39, 0.29) is 5.56 Å². The molecule has 5 rings (SSSR count). The number of nitrogens with one attached hydrogen (secondary N) is 1. The van der Waals surface area contributed by atoms with Crippen molar-refractivity contribution in [2.24, 2.45) is 5.73 Å². The average molecular weight is 433 g/mol. The first-order valence-electron chi connectivity index (χ1n) is 9.82. The average Bonchev–Trinajstić information content (AvgIpc) is 3.09. The lowest BCUT2D eigenvalue weighted by molar-refractivity contribution is 0.1000. The van der Waals surface area contributed by atoms with Crippen LogP contribution in [-0.2, 0) is 13.0 Å². The zero-order valence-electron chi connectivity index (χ0n) is 16.7. The zero-order valence-corrected chi connectivity index (χ0v) is 17.5. The third kappa shape index (κ3) is 3.30. The number of hydrogen-bond acceptors (Lipinski definition) is 6. The second-order valence-electron chi connectivity index (χ2n) is 7.66. The van der Waals surface area contributed by atoms with E-state index in [2.05, 4.69) is 10.2 Å². The van der Waals surface area contributed by atoms with E-state index in [1.165, 1.54) is 11.3 Å². The van der Waals surface area contributed by atoms with Gasteiger partial charge in [-0.1, -0.05) is 30.3 Å². The molecule has 0 fully saturated rings. The van der Waals surface area contributed by atoms with Crippen LogP contribution in [0.4, 0.5) is 5.00 Å². The Balaban J connectivity index is 1.58. The third-order valence-electron chi connectivity index (χ3n) is 5.61. The van der Waals surface area contributed by atoms with Crippen molar-refractivity contribution in [1.29, 1.82) is 0 Å². The molecule has 2 aromatic carbocycles. The van der Waals surface area contributed by atoms with Gasteiger partial charge in [0, 0.05) is 23.4 Å². The summed E-state index contributed by atoms with van der Waals surface area (Å²) in [5.41, 5.74) is 6.38. The van der Waals surface area contributed by atoms with Gasteiger partial charge in [-0.15, -0.1) is 11.3 Å².